The zero-order valence-corrected chi connectivity index (χ0v) is 11.5. The summed E-state index contributed by atoms with van der Waals surface area (Å²) in [6.45, 7) is 1.90. The van der Waals surface area contributed by atoms with Gasteiger partial charge >= 0.3 is 0 Å². The summed E-state index contributed by atoms with van der Waals surface area (Å²) in [6, 6.07) is 6.04. The van der Waals surface area contributed by atoms with E-state index in [1.807, 2.05) is 6.92 Å². The van der Waals surface area contributed by atoms with Crippen LogP contribution in [0.4, 0.5) is 4.39 Å². The number of carbonyl (C=O) groups excluding carboxylic acids is 1. The molecule has 19 heavy (non-hydrogen) atoms. The number of hydrogen-bond donors (Lipinski definition) is 1. The van der Waals surface area contributed by atoms with Crippen LogP contribution < -0.4 is 5.32 Å². The Labute approximate surface area is 114 Å². The van der Waals surface area contributed by atoms with Gasteiger partial charge < -0.3 is 5.32 Å². The molecule has 1 aromatic carbocycles. The number of nitrogens with one attached hydrogen (secondary N) is 1. The summed E-state index contributed by atoms with van der Waals surface area (Å²) in [5, 5.41) is 3.43. The summed E-state index contributed by atoms with van der Waals surface area (Å²) in [7, 11) is 0. The number of Topliss-reactive ketones (excluding diaryl/α,β-unsaturated/α-hetero) is 1. The van der Waals surface area contributed by atoms with Gasteiger partial charge in [-0.1, -0.05) is 25.7 Å². The maximum absolute atomic E-state index is 12.8. The number of benzene rings is 1. The summed E-state index contributed by atoms with van der Waals surface area (Å²) in [6.07, 6.45) is 7.41. The minimum absolute atomic E-state index is 0.0456. The molecule has 0 aliphatic heterocycles. The molecule has 1 N–H and O–H groups in total. The second kappa shape index (κ2) is 6.80. The molecule has 0 heterocycles. The highest BCUT2D eigenvalue weighted by molar-refractivity contribution is 5.99. The Kier molecular flexibility index (Phi) is 5.08. The van der Waals surface area contributed by atoms with Gasteiger partial charge in [0.05, 0.1) is 6.04 Å². The Morgan fingerprint density at radius 3 is 2.32 bits per heavy atom. The Morgan fingerprint density at radius 2 is 1.74 bits per heavy atom. The van der Waals surface area contributed by atoms with E-state index in [2.05, 4.69) is 5.32 Å². The van der Waals surface area contributed by atoms with Gasteiger partial charge in [-0.25, -0.2) is 4.39 Å². The number of halogens is 1. The van der Waals surface area contributed by atoms with Crippen LogP contribution in [0, 0.1) is 5.82 Å². The lowest BCUT2D eigenvalue weighted by Crippen LogP contribution is -2.41. The molecule has 0 radical (unpaired) electrons. The number of rotatable bonds is 4. The summed E-state index contributed by atoms with van der Waals surface area (Å²) in [5.74, 6) is -0.259. The van der Waals surface area contributed by atoms with Crippen molar-refractivity contribution in [2.75, 3.05) is 0 Å². The highest BCUT2D eigenvalue weighted by Crippen LogP contribution is 2.18. The molecule has 3 heteroatoms. The molecule has 2 nitrogen and oxygen atoms in total. The van der Waals surface area contributed by atoms with E-state index in [-0.39, 0.29) is 17.6 Å². The molecule has 1 atom stereocenters. The third-order valence-corrected chi connectivity index (χ3v) is 3.86. The van der Waals surface area contributed by atoms with Crippen molar-refractivity contribution in [3.63, 3.8) is 0 Å². The van der Waals surface area contributed by atoms with E-state index in [1.54, 1.807) is 12.1 Å². The fourth-order valence-electron chi connectivity index (χ4n) is 2.74. The van der Waals surface area contributed by atoms with Gasteiger partial charge in [-0.15, -0.1) is 0 Å². The second-order valence-corrected chi connectivity index (χ2v) is 5.45. The van der Waals surface area contributed by atoms with Gasteiger partial charge in [-0.05, 0) is 44.0 Å². The van der Waals surface area contributed by atoms with E-state index in [1.165, 1.54) is 37.8 Å². The second-order valence-electron chi connectivity index (χ2n) is 5.45. The van der Waals surface area contributed by atoms with Crippen molar-refractivity contribution >= 4 is 5.78 Å². The van der Waals surface area contributed by atoms with Gasteiger partial charge in [-0.3, -0.25) is 4.79 Å². The van der Waals surface area contributed by atoms with Crippen LogP contribution in [-0.4, -0.2) is 17.9 Å². The molecule has 0 amide bonds. The normalized spacial score (nSPS) is 18.8. The quantitative estimate of drug-likeness (QED) is 0.662. The maximum Gasteiger partial charge on any atom is 0.179 e. The van der Waals surface area contributed by atoms with E-state index in [9.17, 15) is 9.18 Å². The molecule has 1 unspecified atom stereocenters. The Balaban J connectivity index is 1.92. The molecule has 104 valence electrons. The molecular formula is C16H22FNO. The van der Waals surface area contributed by atoms with Crippen LogP contribution >= 0.6 is 0 Å². The van der Waals surface area contributed by atoms with Gasteiger partial charge in [0.15, 0.2) is 5.78 Å². The Bertz CT molecular complexity index is 407. The minimum atomic E-state index is -0.305. The van der Waals surface area contributed by atoms with Gasteiger partial charge in [0, 0.05) is 11.6 Å². The van der Waals surface area contributed by atoms with Crippen molar-refractivity contribution in [3.05, 3.63) is 35.6 Å². The highest BCUT2D eigenvalue weighted by atomic mass is 19.1. The van der Waals surface area contributed by atoms with Gasteiger partial charge in [-0.2, -0.15) is 0 Å². The predicted molar refractivity (Wildman–Crippen MR) is 74.8 cm³/mol. The molecule has 1 fully saturated rings. The van der Waals surface area contributed by atoms with Crippen molar-refractivity contribution in [2.24, 2.45) is 0 Å². The SMILES string of the molecule is CC(NC1CCCCCC1)C(=O)c1ccc(F)cc1. The third-order valence-electron chi connectivity index (χ3n) is 3.86. The molecule has 0 bridgehead atoms. The van der Waals surface area contributed by atoms with Crippen LogP contribution in [0.1, 0.15) is 55.8 Å². The fraction of sp³-hybridized carbons (Fsp3) is 0.562. The first-order valence-electron chi connectivity index (χ1n) is 7.22. The maximum atomic E-state index is 12.8. The zero-order valence-electron chi connectivity index (χ0n) is 11.5. The first-order chi connectivity index (χ1) is 9.16. The molecule has 0 aromatic heterocycles. The van der Waals surface area contributed by atoms with Crippen LogP contribution in [0.15, 0.2) is 24.3 Å². The van der Waals surface area contributed by atoms with Crippen molar-refractivity contribution in [3.8, 4) is 0 Å². The van der Waals surface area contributed by atoms with Crippen molar-refractivity contribution in [2.45, 2.75) is 57.5 Å². The van der Waals surface area contributed by atoms with Crippen LogP contribution in [0.25, 0.3) is 0 Å². The first-order valence-corrected chi connectivity index (χ1v) is 7.22. The molecule has 1 aromatic rings. The molecule has 1 aliphatic carbocycles. The van der Waals surface area contributed by atoms with E-state index in [4.69, 9.17) is 0 Å². The first kappa shape index (κ1) is 14.2. The lowest BCUT2D eigenvalue weighted by atomic mass is 10.0. The Hall–Kier alpha value is -1.22. The number of hydrogen-bond acceptors (Lipinski definition) is 2. The largest absolute Gasteiger partial charge is 0.305 e. The molecule has 0 spiro atoms. The Morgan fingerprint density at radius 1 is 1.16 bits per heavy atom. The molecular weight excluding hydrogens is 241 g/mol. The van der Waals surface area contributed by atoms with Gasteiger partial charge in [0.2, 0.25) is 0 Å². The van der Waals surface area contributed by atoms with Crippen molar-refractivity contribution in [1.29, 1.82) is 0 Å². The topological polar surface area (TPSA) is 29.1 Å². The van der Waals surface area contributed by atoms with Crippen molar-refractivity contribution in [1.82, 2.24) is 5.32 Å². The molecule has 2 rings (SSSR count). The standard InChI is InChI=1S/C16H22FNO/c1-12(18-15-6-4-2-3-5-7-15)16(19)13-8-10-14(17)11-9-13/h8-12,15,18H,2-7H2,1H3. The molecule has 1 saturated carbocycles. The number of ketones is 1. The van der Waals surface area contributed by atoms with Crippen LogP contribution in [0.5, 0.6) is 0 Å². The predicted octanol–water partition coefficient (Wildman–Crippen LogP) is 3.71. The smallest absolute Gasteiger partial charge is 0.179 e. The average molecular weight is 263 g/mol. The highest BCUT2D eigenvalue weighted by Gasteiger charge is 2.20. The number of carbonyl (C=O) groups is 1. The van der Waals surface area contributed by atoms with Crippen LogP contribution in [-0.2, 0) is 0 Å². The van der Waals surface area contributed by atoms with Crippen LogP contribution in [0.3, 0.4) is 0 Å². The summed E-state index contributed by atoms with van der Waals surface area (Å²) in [5.41, 5.74) is 0.579. The van der Waals surface area contributed by atoms with E-state index >= 15 is 0 Å². The zero-order chi connectivity index (χ0) is 13.7. The van der Waals surface area contributed by atoms with E-state index in [0.29, 0.717) is 11.6 Å². The van der Waals surface area contributed by atoms with E-state index in [0.717, 1.165) is 12.8 Å². The summed E-state index contributed by atoms with van der Waals surface area (Å²) >= 11 is 0. The van der Waals surface area contributed by atoms with Crippen LogP contribution in [0.2, 0.25) is 0 Å². The minimum Gasteiger partial charge on any atom is -0.305 e. The lowest BCUT2D eigenvalue weighted by molar-refractivity contribution is 0.0942. The van der Waals surface area contributed by atoms with Gasteiger partial charge in [0.1, 0.15) is 5.82 Å². The van der Waals surface area contributed by atoms with Gasteiger partial charge in [0.25, 0.3) is 0 Å². The monoisotopic (exact) mass is 263 g/mol. The fourth-order valence-corrected chi connectivity index (χ4v) is 2.74. The molecule has 0 saturated heterocycles. The van der Waals surface area contributed by atoms with E-state index < -0.39 is 0 Å². The van der Waals surface area contributed by atoms with Crippen molar-refractivity contribution < 1.29 is 9.18 Å². The summed E-state index contributed by atoms with van der Waals surface area (Å²) < 4.78 is 12.8. The summed E-state index contributed by atoms with van der Waals surface area (Å²) in [4.78, 5) is 12.2. The average Bonchev–Trinajstić information content (AvgIpc) is 2.67. The lowest BCUT2D eigenvalue weighted by Gasteiger charge is -2.21. The molecule has 1 aliphatic rings. The third kappa shape index (κ3) is 4.13.